The molecule has 4 aromatic rings. The molecule has 5 heteroatoms. The normalized spacial score (nSPS) is 12.4. The summed E-state index contributed by atoms with van der Waals surface area (Å²) >= 11 is 0. The van der Waals surface area contributed by atoms with Crippen LogP contribution in [0.4, 0.5) is 5.69 Å². The third-order valence-electron chi connectivity index (χ3n) is 6.92. The average molecular weight is 506 g/mol. The van der Waals surface area contributed by atoms with Crippen LogP contribution in [-0.2, 0) is 16.0 Å². The molecule has 0 aromatic heterocycles. The Hall–Kier alpha value is -4.22. The molecule has 4 rings (SSSR count). The zero-order valence-electron chi connectivity index (χ0n) is 22.2. The van der Waals surface area contributed by atoms with Crippen LogP contribution in [0.15, 0.2) is 103 Å². The highest BCUT2D eigenvalue weighted by molar-refractivity contribution is 6.00. The van der Waals surface area contributed by atoms with Gasteiger partial charge in [-0.15, -0.1) is 0 Å². The number of amides is 2. The molecule has 0 saturated heterocycles. The molecule has 0 saturated carbocycles. The molecule has 2 amide bonds. The van der Waals surface area contributed by atoms with Crippen molar-refractivity contribution in [3.05, 3.63) is 137 Å². The molecule has 38 heavy (non-hydrogen) atoms. The van der Waals surface area contributed by atoms with Gasteiger partial charge in [0.15, 0.2) is 0 Å². The molecule has 4 aromatic carbocycles. The standard InChI is InChI=1S/C33H35N3O2/c1-23-14-17-26(18-15-23)20-21-36(29-19-16-24(2)25(3)22-29)33(38)31(28-12-8-5-9-13-28)35-32(37)30(34)27-10-6-4-7-11-27/h4-19,22,30-31H,20-21,34H2,1-3H3,(H,35,37). The van der Waals surface area contributed by atoms with Crippen molar-refractivity contribution in [1.29, 1.82) is 0 Å². The Labute approximate surface area is 225 Å². The lowest BCUT2D eigenvalue weighted by Gasteiger charge is -2.29. The zero-order valence-corrected chi connectivity index (χ0v) is 22.2. The smallest absolute Gasteiger partial charge is 0.254 e. The summed E-state index contributed by atoms with van der Waals surface area (Å²) in [4.78, 5) is 29.4. The number of carbonyl (C=O) groups excluding carboxylic acids is 2. The maximum Gasteiger partial charge on any atom is 0.254 e. The van der Waals surface area contributed by atoms with Crippen LogP contribution in [0.1, 0.15) is 45.5 Å². The highest BCUT2D eigenvalue weighted by Crippen LogP contribution is 2.25. The van der Waals surface area contributed by atoms with Crippen LogP contribution in [0.3, 0.4) is 0 Å². The Balaban J connectivity index is 1.67. The highest BCUT2D eigenvalue weighted by atomic mass is 16.2. The second-order valence-electron chi connectivity index (χ2n) is 9.73. The fourth-order valence-corrected chi connectivity index (χ4v) is 4.39. The van der Waals surface area contributed by atoms with E-state index >= 15 is 0 Å². The van der Waals surface area contributed by atoms with E-state index in [9.17, 15) is 9.59 Å². The van der Waals surface area contributed by atoms with E-state index in [-0.39, 0.29) is 5.91 Å². The van der Waals surface area contributed by atoms with Crippen LogP contribution in [0, 0.1) is 20.8 Å². The molecule has 0 spiro atoms. The number of rotatable bonds is 9. The van der Waals surface area contributed by atoms with E-state index in [1.165, 1.54) is 5.56 Å². The molecule has 2 unspecified atom stereocenters. The molecule has 194 valence electrons. The number of hydrogen-bond donors (Lipinski definition) is 2. The summed E-state index contributed by atoms with van der Waals surface area (Å²) in [5.41, 5.74) is 13.1. The van der Waals surface area contributed by atoms with Crippen molar-refractivity contribution in [1.82, 2.24) is 5.32 Å². The van der Waals surface area contributed by atoms with Crippen LogP contribution in [0.5, 0.6) is 0 Å². The van der Waals surface area contributed by atoms with Crippen LogP contribution >= 0.6 is 0 Å². The van der Waals surface area contributed by atoms with E-state index in [0.717, 1.165) is 22.4 Å². The van der Waals surface area contributed by atoms with Crippen LogP contribution < -0.4 is 16.0 Å². The van der Waals surface area contributed by atoms with Gasteiger partial charge in [-0.3, -0.25) is 9.59 Å². The van der Waals surface area contributed by atoms with Crippen LogP contribution in [0.25, 0.3) is 0 Å². The van der Waals surface area contributed by atoms with Gasteiger partial charge >= 0.3 is 0 Å². The molecule has 0 aliphatic carbocycles. The molecule has 2 atom stereocenters. The predicted molar refractivity (Wildman–Crippen MR) is 154 cm³/mol. The van der Waals surface area contributed by atoms with Gasteiger partial charge in [-0.2, -0.15) is 0 Å². The number of nitrogens with zero attached hydrogens (tertiary/aromatic N) is 1. The van der Waals surface area contributed by atoms with Crippen molar-refractivity contribution in [2.24, 2.45) is 5.73 Å². The molecule has 0 aliphatic heterocycles. The number of carbonyl (C=O) groups is 2. The number of nitrogens with one attached hydrogen (secondary N) is 1. The van der Waals surface area contributed by atoms with Gasteiger partial charge in [0.25, 0.3) is 5.91 Å². The first kappa shape index (κ1) is 26.8. The largest absolute Gasteiger partial charge is 0.339 e. The molecule has 0 heterocycles. The van der Waals surface area contributed by atoms with Gasteiger partial charge in [0.1, 0.15) is 12.1 Å². The molecule has 0 fully saturated rings. The molecule has 0 radical (unpaired) electrons. The van der Waals surface area contributed by atoms with E-state index < -0.39 is 18.0 Å². The lowest BCUT2D eigenvalue weighted by atomic mass is 10.0. The maximum absolute atomic E-state index is 14.3. The SMILES string of the molecule is Cc1ccc(CCN(C(=O)C(NC(=O)C(N)c2ccccc2)c2ccccc2)c2ccc(C)c(C)c2)cc1. The monoisotopic (exact) mass is 505 g/mol. The van der Waals surface area contributed by atoms with E-state index in [1.54, 1.807) is 4.90 Å². The summed E-state index contributed by atoms with van der Waals surface area (Å²) in [6.07, 6.45) is 0.679. The van der Waals surface area contributed by atoms with E-state index in [0.29, 0.717) is 24.1 Å². The van der Waals surface area contributed by atoms with Crippen LogP contribution in [0.2, 0.25) is 0 Å². The number of benzene rings is 4. The molecular formula is C33H35N3O2. The first-order chi connectivity index (χ1) is 18.3. The quantitative estimate of drug-likeness (QED) is 0.304. The lowest BCUT2D eigenvalue weighted by molar-refractivity contribution is -0.128. The van der Waals surface area contributed by atoms with E-state index in [2.05, 4.69) is 43.4 Å². The molecular weight excluding hydrogens is 470 g/mol. The molecule has 0 aliphatic rings. The second kappa shape index (κ2) is 12.3. The summed E-state index contributed by atoms with van der Waals surface area (Å²) in [6.45, 7) is 6.61. The first-order valence-corrected chi connectivity index (χ1v) is 12.9. The maximum atomic E-state index is 14.3. The molecule has 0 bridgehead atoms. The highest BCUT2D eigenvalue weighted by Gasteiger charge is 2.30. The van der Waals surface area contributed by atoms with Gasteiger partial charge in [-0.25, -0.2) is 0 Å². The van der Waals surface area contributed by atoms with Crippen molar-refractivity contribution in [3.63, 3.8) is 0 Å². The Morgan fingerprint density at radius 2 is 1.37 bits per heavy atom. The minimum atomic E-state index is -0.891. The van der Waals surface area contributed by atoms with Crippen molar-refractivity contribution in [2.75, 3.05) is 11.4 Å². The number of nitrogens with two attached hydrogens (primary N) is 1. The van der Waals surface area contributed by atoms with Gasteiger partial charge < -0.3 is 16.0 Å². The first-order valence-electron chi connectivity index (χ1n) is 12.9. The van der Waals surface area contributed by atoms with Gasteiger partial charge in [-0.1, -0.05) is 96.6 Å². The summed E-state index contributed by atoms with van der Waals surface area (Å²) in [5, 5.41) is 2.96. The van der Waals surface area contributed by atoms with Crippen molar-refractivity contribution >= 4 is 17.5 Å². The Bertz CT molecular complexity index is 1370. The predicted octanol–water partition coefficient (Wildman–Crippen LogP) is 5.75. The van der Waals surface area contributed by atoms with Crippen molar-refractivity contribution in [2.45, 2.75) is 39.3 Å². The number of hydrogen-bond acceptors (Lipinski definition) is 3. The van der Waals surface area contributed by atoms with Crippen LogP contribution in [-0.4, -0.2) is 18.4 Å². The minimum Gasteiger partial charge on any atom is -0.339 e. The minimum absolute atomic E-state index is 0.208. The fourth-order valence-electron chi connectivity index (χ4n) is 4.39. The molecule has 3 N–H and O–H groups in total. The van der Waals surface area contributed by atoms with E-state index in [1.807, 2.05) is 85.8 Å². The second-order valence-corrected chi connectivity index (χ2v) is 9.73. The van der Waals surface area contributed by atoms with Gasteiger partial charge in [0, 0.05) is 12.2 Å². The van der Waals surface area contributed by atoms with Gasteiger partial charge in [0.2, 0.25) is 5.91 Å². The molecule has 5 nitrogen and oxygen atoms in total. The summed E-state index contributed by atoms with van der Waals surface area (Å²) in [5.74, 6) is -0.614. The van der Waals surface area contributed by atoms with E-state index in [4.69, 9.17) is 5.73 Å². The third kappa shape index (κ3) is 6.55. The number of anilines is 1. The Morgan fingerprint density at radius 3 is 1.97 bits per heavy atom. The number of aryl methyl sites for hydroxylation is 3. The lowest BCUT2D eigenvalue weighted by Crippen LogP contribution is -2.46. The van der Waals surface area contributed by atoms with Gasteiger partial charge in [0.05, 0.1) is 0 Å². The third-order valence-corrected chi connectivity index (χ3v) is 6.92. The zero-order chi connectivity index (χ0) is 27.1. The van der Waals surface area contributed by atoms with Crippen molar-refractivity contribution < 1.29 is 9.59 Å². The Kier molecular flexibility index (Phi) is 8.72. The summed E-state index contributed by atoms with van der Waals surface area (Å²) < 4.78 is 0. The average Bonchev–Trinajstić information content (AvgIpc) is 2.95. The van der Waals surface area contributed by atoms with Crippen molar-refractivity contribution in [3.8, 4) is 0 Å². The van der Waals surface area contributed by atoms with Gasteiger partial charge in [-0.05, 0) is 67.1 Å². The fraction of sp³-hybridized carbons (Fsp3) is 0.212. The Morgan fingerprint density at radius 1 is 0.763 bits per heavy atom. The topological polar surface area (TPSA) is 75.4 Å². The summed E-state index contributed by atoms with van der Waals surface area (Å²) in [7, 11) is 0. The summed E-state index contributed by atoms with van der Waals surface area (Å²) in [6, 6.07) is 31.1.